The second-order valence-corrected chi connectivity index (χ2v) is 3.57. The Bertz CT molecular complexity index is 446. The van der Waals surface area contributed by atoms with Gasteiger partial charge in [0.05, 0.1) is 12.8 Å². The van der Waals surface area contributed by atoms with Gasteiger partial charge in [-0.1, -0.05) is 34.7 Å². The minimum absolute atomic E-state index is 0.292. The van der Waals surface area contributed by atoms with Gasteiger partial charge in [-0.25, -0.2) is 9.78 Å². The molecule has 1 aromatic rings. The molecule has 0 spiro atoms. The molecule has 0 atom stereocenters. The molecule has 0 bridgehead atoms. The molecule has 0 unspecified atom stereocenters. The van der Waals surface area contributed by atoms with Crippen molar-refractivity contribution in [3.05, 3.63) is 29.1 Å². The molecule has 16 heavy (non-hydrogen) atoms. The highest BCUT2D eigenvalue weighted by Gasteiger charge is 2.09. The summed E-state index contributed by atoms with van der Waals surface area (Å²) in [7, 11) is 1.34. The molecule has 0 aliphatic carbocycles. The second-order valence-electron chi connectivity index (χ2n) is 3.01. The van der Waals surface area contributed by atoms with Crippen LogP contribution in [0.4, 0.5) is 0 Å². The Labute approximate surface area is 103 Å². The Morgan fingerprint density at radius 1 is 1.56 bits per heavy atom. The maximum atomic E-state index is 11.4. The van der Waals surface area contributed by atoms with Gasteiger partial charge in [0.25, 0.3) is 0 Å². The van der Waals surface area contributed by atoms with Gasteiger partial charge in [-0.2, -0.15) is 0 Å². The molecule has 0 N–H and O–H groups in total. The van der Waals surface area contributed by atoms with Crippen molar-refractivity contribution in [3.63, 3.8) is 0 Å². The number of hydrogen-bond acceptors (Lipinski definition) is 3. The molecule has 0 fully saturated rings. The average molecular weight is 282 g/mol. The minimum atomic E-state index is -0.442. The molecule has 1 heterocycles. The van der Waals surface area contributed by atoms with Crippen molar-refractivity contribution in [2.45, 2.75) is 18.7 Å². The minimum Gasteiger partial charge on any atom is -0.464 e. The first-order valence-electron chi connectivity index (χ1n) is 4.85. The lowest BCUT2D eigenvalue weighted by Crippen LogP contribution is -2.06. The number of carbonyl (C=O) groups is 1. The fraction of sp³-hybridized carbons (Fsp3) is 0.333. The van der Waals surface area contributed by atoms with Crippen LogP contribution in [-0.4, -0.2) is 18.1 Å². The van der Waals surface area contributed by atoms with E-state index in [0.717, 1.165) is 17.7 Å². The fourth-order valence-corrected chi connectivity index (χ4v) is 1.42. The molecule has 1 rings (SSSR count). The van der Waals surface area contributed by atoms with E-state index in [1.807, 2.05) is 13.0 Å². The Balaban J connectivity index is 3.15. The molecule has 4 heteroatoms. The quantitative estimate of drug-likeness (QED) is 0.475. The molecule has 0 aliphatic heterocycles. The van der Waals surface area contributed by atoms with Crippen LogP contribution in [-0.2, 0) is 10.1 Å². The summed E-state index contributed by atoms with van der Waals surface area (Å²) in [6, 6.07) is 3.49. The molecule has 0 saturated carbocycles. The number of ether oxygens (including phenoxy) is 1. The van der Waals surface area contributed by atoms with Gasteiger partial charge in [-0.05, 0) is 12.1 Å². The average Bonchev–Trinajstić information content (AvgIpc) is 2.34. The summed E-state index contributed by atoms with van der Waals surface area (Å²) in [6.45, 7) is 1.97. The summed E-state index contributed by atoms with van der Waals surface area (Å²) in [5.74, 6) is 5.48. The van der Waals surface area contributed by atoms with Gasteiger partial charge in [-0.15, -0.1) is 0 Å². The number of nitrogens with zero attached hydrogens (tertiary/aromatic N) is 1. The number of methoxy groups -OCH3 is 1. The second kappa shape index (κ2) is 6.29. The van der Waals surface area contributed by atoms with E-state index in [0.29, 0.717) is 11.0 Å². The Morgan fingerprint density at radius 3 is 2.88 bits per heavy atom. The van der Waals surface area contributed by atoms with E-state index in [1.54, 1.807) is 6.07 Å². The van der Waals surface area contributed by atoms with E-state index in [9.17, 15) is 4.79 Å². The molecule has 0 radical (unpaired) electrons. The summed E-state index contributed by atoms with van der Waals surface area (Å²) in [5, 5.41) is 0.582. The van der Waals surface area contributed by atoms with Gasteiger partial charge in [0.15, 0.2) is 0 Å². The predicted molar refractivity (Wildman–Crippen MR) is 65.4 cm³/mol. The van der Waals surface area contributed by atoms with Crippen molar-refractivity contribution in [1.82, 2.24) is 4.98 Å². The number of aromatic nitrogens is 1. The van der Waals surface area contributed by atoms with Gasteiger partial charge in [0.1, 0.15) is 5.69 Å². The van der Waals surface area contributed by atoms with Gasteiger partial charge >= 0.3 is 5.97 Å². The largest absolute Gasteiger partial charge is 0.464 e. The van der Waals surface area contributed by atoms with E-state index in [2.05, 4.69) is 37.5 Å². The normalized spacial score (nSPS) is 9.19. The Kier molecular flexibility index (Phi) is 5.00. The zero-order chi connectivity index (χ0) is 12.0. The smallest absolute Gasteiger partial charge is 0.356 e. The monoisotopic (exact) mass is 281 g/mol. The third-order valence-corrected chi connectivity index (χ3v) is 2.39. The van der Waals surface area contributed by atoms with Gasteiger partial charge in [0, 0.05) is 17.3 Å². The van der Waals surface area contributed by atoms with Gasteiger partial charge < -0.3 is 4.74 Å². The van der Waals surface area contributed by atoms with Gasteiger partial charge in [0.2, 0.25) is 0 Å². The highest BCUT2D eigenvalue weighted by atomic mass is 79.9. The number of hydrogen-bond donors (Lipinski definition) is 0. The molecule has 1 aromatic heterocycles. The van der Waals surface area contributed by atoms with Crippen molar-refractivity contribution in [2.24, 2.45) is 0 Å². The van der Waals surface area contributed by atoms with Crippen LogP contribution in [0.25, 0.3) is 0 Å². The lowest BCUT2D eigenvalue weighted by atomic mass is 10.2. The van der Waals surface area contributed by atoms with Crippen LogP contribution in [0.2, 0.25) is 0 Å². The standard InChI is InChI=1S/C12H12BrNO2/c1-3-4-5-9-6-10(8-13)14-11(7-9)12(15)16-2/h6-7H,3,8H2,1-2H3. The maximum Gasteiger partial charge on any atom is 0.356 e. The Morgan fingerprint density at radius 2 is 2.31 bits per heavy atom. The molecular formula is C12H12BrNO2. The van der Waals surface area contributed by atoms with Crippen LogP contribution in [0.5, 0.6) is 0 Å². The summed E-state index contributed by atoms with van der Waals surface area (Å²) in [4.78, 5) is 15.5. The van der Waals surface area contributed by atoms with Crippen LogP contribution in [0.3, 0.4) is 0 Å². The molecular weight excluding hydrogens is 270 g/mol. The predicted octanol–water partition coefficient (Wildman–Crippen LogP) is 2.52. The SMILES string of the molecule is CCC#Cc1cc(CBr)nc(C(=O)OC)c1. The van der Waals surface area contributed by atoms with E-state index in [-0.39, 0.29) is 0 Å². The number of rotatable bonds is 2. The van der Waals surface area contributed by atoms with Crippen molar-refractivity contribution in [3.8, 4) is 11.8 Å². The first-order valence-corrected chi connectivity index (χ1v) is 5.97. The first kappa shape index (κ1) is 12.7. The Hall–Kier alpha value is -1.34. The molecule has 0 aromatic carbocycles. The van der Waals surface area contributed by atoms with Crippen LogP contribution in [0, 0.1) is 11.8 Å². The van der Waals surface area contributed by atoms with Crippen LogP contribution in [0.1, 0.15) is 35.1 Å². The molecule has 0 saturated heterocycles. The molecule has 3 nitrogen and oxygen atoms in total. The maximum absolute atomic E-state index is 11.4. The van der Waals surface area contributed by atoms with Crippen molar-refractivity contribution < 1.29 is 9.53 Å². The van der Waals surface area contributed by atoms with Crippen molar-refractivity contribution in [1.29, 1.82) is 0 Å². The number of halogens is 1. The summed E-state index contributed by atoms with van der Waals surface area (Å²) >= 11 is 3.30. The molecule has 0 amide bonds. The number of carbonyl (C=O) groups excluding carboxylic acids is 1. The van der Waals surface area contributed by atoms with E-state index < -0.39 is 5.97 Å². The van der Waals surface area contributed by atoms with E-state index in [1.165, 1.54) is 7.11 Å². The number of pyridine rings is 1. The molecule has 84 valence electrons. The highest BCUT2D eigenvalue weighted by Crippen LogP contribution is 2.09. The van der Waals surface area contributed by atoms with E-state index >= 15 is 0 Å². The van der Waals surface area contributed by atoms with Crippen LogP contribution < -0.4 is 0 Å². The number of alkyl halides is 1. The third kappa shape index (κ3) is 3.35. The van der Waals surface area contributed by atoms with Crippen LogP contribution >= 0.6 is 15.9 Å². The lowest BCUT2D eigenvalue weighted by molar-refractivity contribution is 0.0593. The zero-order valence-corrected chi connectivity index (χ0v) is 10.8. The van der Waals surface area contributed by atoms with Gasteiger partial charge in [-0.3, -0.25) is 0 Å². The summed E-state index contributed by atoms with van der Waals surface area (Å²) in [5.41, 5.74) is 1.84. The van der Waals surface area contributed by atoms with Crippen LogP contribution in [0.15, 0.2) is 12.1 Å². The summed E-state index contributed by atoms with van der Waals surface area (Å²) < 4.78 is 4.63. The third-order valence-electron chi connectivity index (χ3n) is 1.82. The first-order chi connectivity index (χ1) is 7.71. The topological polar surface area (TPSA) is 39.2 Å². The van der Waals surface area contributed by atoms with Crippen molar-refractivity contribution in [2.75, 3.05) is 7.11 Å². The fourth-order valence-electron chi connectivity index (χ4n) is 1.13. The zero-order valence-electron chi connectivity index (χ0n) is 9.21. The summed E-state index contributed by atoms with van der Waals surface area (Å²) in [6.07, 6.45) is 0.777. The van der Waals surface area contributed by atoms with E-state index in [4.69, 9.17) is 0 Å². The number of esters is 1. The van der Waals surface area contributed by atoms with Crippen molar-refractivity contribution >= 4 is 21.9 Å². The lowest BCUT2D eigenvalue weighted by Gasteiger charge is -2.02. The highest BCUT2D eigenvalue weighted by molar-refractivity contribution is 9.08. The molecule has 0 aliphatic rings.